The lowest BCUT2D eigenvalue weighted by molar-refractivity contribution is 0.101. The summed E-state index contributed by atoms with van der Waals surface area (Å²) in [5, 5.41) is 7.06. The highest BCUT2D eigenvalue weighted by atomic mass is 16.5. The first kappa shape index (κ1) is 14.9. The van der Waals surface area contributed by atoms with Gasteiger partial charge in [0.1, 0.15) is 0 Å². The molecule has 0 bridgehead atoms. The number of methoxy groups -OCH3 is 1. The van der Waals surface area contributed by atoms with E-state index in [0.29, 0.717) is 11.7 Å². The molecule has 0 fully saturated rings. The van der Waals surface area contributed by atoms with Crippen molar-refractivity contribution in [2.45, 2.75) is 0 Å². The van der Waals surface area contributed by atoms with E-state index >= 15 is 0 Å². The number of hydrogen-bond acceptors (Lipinski definition) is 4. The quantitative estimate of drug-likeness (QED) is 0.601. The molecule has 0 radical (unpaired) electrons. The summed E-state index contributed by atoms with van der Waals surface area (Å²) in [5.41, 5.74) is 2.65. The van der Waals surface area contributed by atoms with Crippen molar-refractivity contribution >= 4 is 22.9 Å². The van der Waals surface area contributed by atoms with Crippen LogP contribution in [0.3, 0.4) is 0 Å². The van der Waals surface area contributed by atoms with E-state index in [1.165, 1.54) is 7.11 Å². The molecular formula is C18H15N5O2. The second-order valence-corrected chi connectivity index (χ2v) is 5.38. The van der Waals surface area contributed by atoms with Gasteiger partial charge in [0.25, 0.3) is 5.91 Å². The fraction of sp³-hybridized carbons (Fsp3) is 0.0556. The number of amides is 1. The van der Waals surface area contributed by atoms with Crippen molar-refractivity contribution in [3.05, 3.63) is 66.5 Å². The molecule has 2 N–H and O–H groups in total. The van der Waals surface area contributed by atoms with Crippen LogP contribution in [0.2, 0.25) is 0 Å². The van der Waals surface area contributed by atoms with E-state index in [2.05, 4.69) is 20.4 Å². The molecule has 0 aliphatic rings. The molecule has 0 unspecified atom stereocenters. The zero-order chi connectivity index (χ0) is 17.2. The Labute approximate surface area is 143 Å². The summed E-state index contributed by atoms with van der Waals surface area (Å²) in [7, 11) is 1.50. The topological polar surface area (TPSA) is 84.8 Å². The van der Waals surface area contributed by atoms with Crippen LogP contribution in [0.4, 0.5) is 5.95 Å². The predicted molar refractivity (Wildman–Crippen MR) is 94.2 cm³/mol. The van der Waals surface area contributed by atoms with Crippen molar-refractivity contribution < 1.29 is 9.53 Å². The molecule has 0 spiro atoms. The fourth-order valence-electron chi connectivity index (χ4n) is 2.56. The second-order valence-electron chi connectivity index (χ2n) is 5.38. The minimum Gasteiger partial charge on any atom is -0.493 e. The Morgan fingerprint density at radius 3 is 2.64 bits per heavy atom. The predicted octanol–water partition coefficient (Wildman–Crippen LogP) is 3.01. The Morgan fingerprint density at radius 2 is 1.88 bits per heavy atom. The maximum atomic E-state index is 12.6. The van der Waals surface area contributed by atoms with Crippen LogP contribution in [0.25, 0.3) is 16.7 Å². The molecule has 0 saturated heterocycles. The first-order chi connectivity index (χ1) is 12.2. The summed E-state index contributed by atoms with van der Waals surface area (Å²) in [6, 6.07) is 17.1. The van der Waals surface area contributed by atoms with Gasteiger partial charge in [0, 0.05) is 0 Å². The lowest BCUT2D eigenvalue weighted by atomic mass is 10.3. The number of carbonyl (C=O) groups excluding carboxylic acids is 1. The maximum Gasteiger partial charge on any atom is 0.282 e. The number of nitrogens with one attached hydrogen (secondary N) is 2. The van der Waals surface area contributed by atoms with Crippen LogP contribution < -0.4 is 10.1 Å². The molecule has 124 valence electrons. The normalized spacial score (nSPS) is 10.8. The van der Waals surface area contributed by atoms with Gasteiger partial charge in [0.15, 0.2) is 11.4 Å². The minimum absolute atomic E-state index is 0.187. The lowest BCUT2D eigenvalue weighted by Crippen LogP contribution is -2.15. The summed E-state index contributed by atoms with van der Waals surface area (Å²) >= 11 is 0. The van der Waals surface area contributed by atoms with Gasteiger partial charge in [0.05, 0.1) is 30.0 Å². The summed E-state index contributed by atoms with van der Waals surface area (Å²) in [4.78, 5) is 20.0. The molecule has 2 heterocycles. The summed E-state index contributed by atoms with van der Waals surface area (Å²) in [6.45, 7) is 0. The standard InChI is InChI=1S/C18H15N5O2/c1-25-15-11-23(12-7-3-2-4-8-12)22-16(15)17(24)21-18-19-13-9-5-6-10-14(13)20-18/h2-11H,1H3,(H2,19,20,21,24). The largest absolute Gasteiger partial charge is 0.493 e. The van der Waals surface area contributed by atoms with Crippen molar-refractivity contribution in [3.8, 4) is 11.4 Å². The molecule has 4 rings (SSSR count). The van der Waals surface area contributed by atoms with Gasteiger partial charge in [0.2, 0.25) is 5.95 Å². The number of fused-ring (bicyclic) bond motifs is 1. The number of carbonyl (C=O) groups is 1. The average molecular weight is 333 g/mol. The van der Waals surface area contributed by atoms with Crippen LogP contribution >= 0.6 is 0 Å². The third-order valence-corrected chi connectivity index (χ3v) is 3.76. The number of anilines is 1. The van der Waals surface area contributed by atoms with Gasteiger partial charge >= 0.3 is 0 Å². The highest BCUT2D eigenvalue weighted by Crippen LogP contribution is 2.21. The molecule has 4 aromatic rings. The monoisotopic (exact) mass is 333 g/mol. The summed E-state index contributed by atoms with van der Waals surface area (Å²) in [5.74, 6) is 0.352. The Kier molecular flexibility index (Phi) is 3.66. The molecular weight excluding hydrogens is 318 g/mol. The number of aromatic nitrogens is 4. The van der Waals surface area contributed by atoms with Gasteiger partial charge in [-0.25, -0.2) is 9.67 Å². The molecule has 0 atom stereocenters. The fourth-order valence-corrected chi connectivity index (χ4v) is 2.56. The number of aromatic amines is 1. The Hall–Kier alpha value is -3.61. The first-order valence-electron chi connectivity index (χ1n) is 7.70. The van der Waals surface area contributed by atoms with E-state index in [-0.39, 0.29) is 5.69 Å². The molecule has 1 amide bonds. The number of H-pyrrole nitrogens is 1. The highest BCUT2D eigenvalue weighted by Gasteiger charge is 2.19. The van der Waals surface area contributed by atoms with E-state index < -0.39 is 5.91 Å². The van der Waals surface area contributed by atoms with E-state index in [9.17, 15) is 4.79 Å². The zero-order valence-electron chi connectivity index (χ0n) is 13.4. The molecule has 2 aromatic heterocycles. The van der Waals surface area contributed by atoms with Crippen molar-refractivity contribution in [2.75, 3.05) is 12.4 Å². The minimum atomic E-state index is -0.398. The Morgan fingerprint density at radius 1 is 1.12 bits per heavy atom. The number of hydrogen-bond donors (Lipinski definition) is 2. The lowest BCUT2D eigenvalue weighted by Gasteiger charge is -2.01. The van der Waals surface area contributed by atoms with E-state index in [1.807, 2.05) is 54.6 Å². The van der Waals surface area contributed by atoms with Gasteiger partial charge in [-0.3, -0.25) is 10.1 Å². The van der Waals surface area contributed by atoms with Gasteiger partial charge in [-0.2, -0.15) is 5.10 Å². The zero-order valence-corrected chi connectivity index (χ0v) is 13.4. The number of ether oxygens (including phenoxy) is 1. The molecule has 7 nitrogen and oxygen atoms in total. The summed E-state index contributed by atoms with van der Waals surface area (Å²) < 4.78 is 6.89. The first-order valence-corrected chi connectivity index (χ1v) is 7.70. The number of rotatable bonds is 4. The van der Waals surface area contributed by atoms with Crippen molar-refractivity contribution in [1.82, 2.24) is 19.7 Å². The van der Waals surface area contributed by atoms with Crippen LogP contribution in [0.15, 0.2) is 60.8 Å². The van der Waals surface area contributed by atoms with Gasteiger partial charge < -0.3 is 9.72 Å². The average Bonchev–Trinajstić information content (AvgIpc) is 3.25. The van der Waals surface area contributed by atoms with E-state index in [0.717, 1.165) is 16.7 Å². The molecule has 25 heavy (non-hydrogen) atoms. The second kappa shape index (κ2) is 6.12. The summed E-state index contributed by atoms with van der Waals surface area (Å²) in [6.07, 6.45) is 1.67. The third kappa shape index (κ3) is 2.83. The van der Waals surface area contributed by atoms with E-state index in [4.69, 9.17) is 4.74 Å². The molecule has 7 heteroatoms. The smallest absolute Gasteiger partial charge is 0.282 e. The number of para-hydroxylation sites is 3. The van der Waals surface area contributed by atoms with Crippen LogP contribution in [0, 0.1) is 0 Å². The van der Waals surface area contributed by atoms with Crippen molar-refractivity contribution in [1.29, 1.82) is 0 Å². The molecule has 0 aliphatic carbocycles. The van der Waals surface area contributed by atoms with Gasteiger partial charge in [-0.1, -0.05) is 30.3 Å². The Balaban J connectivity index is 1.64. The molecule has 0 aliphatic heterocycles. The third-order valence-electron chi connectivity index (χ3n) is 3.76. The van der Waals surface area contributed by atoms with Crippen LogP contribution in [0.5, 0.6) is 5.75 Å². The molecule has 0 saturated carbocycles. The van der Waals surface area contributed by atoms with Gasteiger partial charge in [-0.15, -0.1) is 0 Å². The number of benzene rings is 2. The van der Waals surface area contributed by atoms with Gasteiger partial charge in [-0.05, 0) is 24.3 Å². The molecule has 2 aromatic carbocycles. The van der Waals surface area contributed by atoms with Crippen LogP contribution in [-0.2, 0) is 0 Å². The highest BCUT2D eigenvalue weighted by molar-refractivity contribution is 6.04. The van der Waals surface area contributed by atoms with Crippen LogP contribution in [-0.4, -0.2) is 32.8 Å². The van der Waals surface area contributed by atoms with Crippen molar-refractivity contribution in [2.24, 2.45) is 0 Å². The number of nitrogens with zero attached hydrogens (tertiary/aromatic N) is 3. The maximum absolute atomic E-state index is 12.6. The Bertz CT molecular complexity index is 1000. The SMILES string of the molecule is COc1cn(-c2ccccc2)nc1C(=O)Nc1nc2ccccc2[nH]1. The van der Waals surface area contributed by atoms with E-state index in [1.54, 1.807) is 10.9 Å². The van der Waals surface area contributed by atoms with Crippen molar-refractivity contribution in [3.63, 3.8) is 0 Å². The number of imidazole rings is 1. The van der Waals surface area contributed by atoms with Crippen LogP contribution in [0.1, 0.15) is 10.5 Å².